The van der Waals surface area contributed by atoms with Crippen molar-refractivity contribution >= 4 is 0 Å². The van der Waals surface area contributed by atoms with Crippen molar-refractivity contribution in [1.29, 1.82) is 0 Å². The van der Waals surface area contributed by atoms with Crippen molar-refractivity contribution in [2.45, 2.75) is 19.1 Å². The predicted octanol–water partition coefficient (Wildman–Crippen LogP) is 2.09. The number of aliphatic hydroxyl groups excluding tert-OH is 1. The van der Waals surface area contributed by atoms with Crippen LogP contribution in [0.5, 0.6) is 0 Å². The summed E-state index contributed by atoms with van der Waals surface area (Å²) in [5.74, 6) is 0. The first kappa shape index (κ1) is 17.9. The first-order valence-electron chi connectivity index (χ1n) is 7.38. The van der Waals surface area contributed by atoms with E-state index in [1.807, 2.05) is 18.2 Å². The third-order valence-electron chi connectivity index (χ3n) is 3.09. The van der Waals surface area contributed by atoms with Gasteiger partial charge in [-0.3, -0.25) is 4.90 Å². The molecule has 0 bridgehead atoms. The first-order valence-corrected chi connectivity index (χ1v) is 7.38. The maximum absolute atomic E-state index is 10.0. The van der Waals surface area contributed by atoms with E-state index in [2.05, 4.69) is 23.6 Å². The van der Waals surface area contributed by atoms with E-state index in [1.165, 1.54) is 5.56 Å². The van der Waals surface area contributed by atoms with E-state index in [9.17, 15) is 5.11 Å². The Balaban J connectivity index is 2.45. The van der Waals surface area contributed by atoms with Crippen molar-refractivity contribution in [2.24, 2.45) is 0 Å². The topological polar surface area (TPSA) is 41.9 Å². The third-order valence-corrected chi connectivity index (χ3v) is 3.09. The van der Waals surface area contributed by atoms with Gasteiger partial charge in [-0.1, -0.05) is 36.4 Å². The molecule has 1 unspecified atom stereocenters. The molecule has 0 aliphatic rings. The molecular weight excluding hydrogens is 266 g/mol. The smallest absolute Gasteiger partial charge is 0.0900 e. The Morgan fingerprint density at radius 2 is 2.10 bits per heavy atom. The van der Waals surface area contributed by atoms with Crippen molar-refractivity contribution < 1.29 is 14.6 Å². The van der Waals surface area contributed by atoms with Gasteiger partial charge in [0.05, 0.1) is 19.3 Å². The van der Waals surface area contributed by atoms with Gasteiger partial charge in [0.2, 0.25) is 0 Å². The zero-order valence-electron chi connectivity index (χ0n) is 12.9. The molecule has 1 rings (SSSR count). The summed E-state index contributed by atoms with van der Waals surface area (Å²) in [5, 5.41) is 10.0. The summed E-state index contributed by atoms with van der Waals surface area (Å²) in [4.78, 5) is 2.23. The number of nitrogens with zero attached hydrogens (tertiary/aromatic N) is 1. The van der Waals surface area contributed by atoms with Crippen molar-refractivity contribution in [3.63, 3.8) is 0 Å². The molecule has 1 aromatic rings. The van der Waals surface area contributed by atoms with Crippen LogP contribution in [0.2, 0.25) is 0 Å². The van der Waals surface area contributed by atoms with Gasteiger partial charge in [-0.05, 0) is 12.0 Å². The fourth-order valence-electron chi connectivity index (χ4n) is 2.15. The van der Waals surface area contributed by atoms with E-state index >= 15 is 0 Å². The molecule has 0 aliphatic heterocycles. The number of rotatable bonds is 12. The second kappa shape index (κ2) is 11.5. The Kier molecular flexibility index (Phi) is 9.74. The molecule has 1 N–H and O–H groups in total. The minimum absolute atomic E-state index is 0.335. The molecule has 0 saturated heterocycles. The van der Waals surface area contributed by atoms with Crippen LogP contribution in [0.15, 0.2) is 43.0 Å². The standard InChI is InChI=1S/C17H27NO3/c1-3-11-21-15-17(19)14-18(10-7-12-20-2)13-16-8-5-4-6-9-16/h3-6,8-9,17,19H,1,7,10-15H2,2H3. The van der Waals surface area contributed by atoms with E-state index in [1.54, 1.807) is 13.2 Å². The van der Waals surface area contributed by atoms with Gasteiger partial charge in [-0.25, -0.2) is 0 Å². The van der Waals surface area contributed by atoms with Crippen LogP contribution in [-0.2, 0) is 16.0 Å². The second-order valence-electron chi connectivity index (χ2n) is 5.05. The van der Waals surface area contributed by atoms with E-state index in [-0.39, 0.29) is 0 Å². The van der Waals surface area contributed by atoms with Crippen molar-refractivity contribution in [2.75, 3.05) is 40.0 Å². The number of hydrogen-bond donors (Lipinski definition) is 1. The normalized spacial score (nSPS) is 12.5. The zero-order valence-corrected chi connectivity index (χ0v) is 12.9. The van der Waals surface area contributed by atoms with Crippen molar-refractivity contribution in [1.82, 2.24) is 4.90 Å². The maximum Gasteiger partial charge on any atom is 0.0900 e. The van der Waals surface area contributed by atoms with Crippen molar-refractivity contribution in [3.05, 3.63) is 48.6 Å². The maximum atomic E-state index is 10.0. The number of aliphatic hydroxyl groups is 1. The monoisotopic (exact) mass is 293 g/mol. The van der Waals surface area contributed by atoms with Crippen LogP contribution >= 0.6 is 0 Å². The molecule has 0 fully saturated rings. The highest BCUT2D eigenvalue weighted by Gasteiger charge is 2.12. The Morgan fingerprint density at radius 1 is 1.33 bits per heavy atom. The van der Waals surface area contributed by atoms with Gasteiger partial charge >= 0.3 is 0 Å². The van der Waals surface area contributed by atoms with Gasteiger partial charge in [0.15, 0.2) is 0 Å². The Hall–Kier alpha value is -1.20. The molecule has 0 radical (unpaired) electrons. The number of benzene rings is 1. The summed E-state index contributed by atoms with van der Waals surface area (Å²) in [5.41, 5.74) is 1.24. The van der Waals surface area contributed by atoms with Crippen LogP contribution in [-0.4, -0.2) is 56.1 Å². The molecule has 21 heavy (non-hydrogen) atoms. The fraction of sp³-hybridized carbons (Fsp3) is 0.529. The highest BCUT2D eigenvalue weighted by Crippen LogP contribution is 2.06. The highest BCUT2D eigenvalue weighted by atomic mass is 16.5. The lowest BCUT2D eigenvalue weighted by molar-refractivity contribution is 0.0230. The molecule has 0 saturated carbocycles. The fourth-order valence-corrected chi connectivity index (χ4v) is 2.15. The molecule has 0 aliphatic carbocycles. The third kappa shape index (κ3) is 8.63. The van der Waals surface area contributed by atoms with Crippen LogP contribution in [0, 0.1) is 0 Å². The summed E-state index contributed by atoms with van der Waals surface area (Å²) in [7, 11) is 1.71. The van der Waals surface area contributed by atoms with Crippen LogP contribution in [0.3, 0.4) is 0 Å². The molecule has 1 atom stereocenters. The minimum atomic E-state index is -0.490. The SMILES string of the molecule is C=CCOCC(O)CN(CCCOC)Cc1ccccc1. The average molecular weight is 293 g/mol. The molecule has 0 heterocycles. The summed E-state index contributed by atoms with van der Waals surface area (Å²) < 4.78 is 10.4. The largest absolute Gasteiger partial charge is 0.389 e. The molecule has 1 aromatic carbocycles. The minimum Gasteiger partial charge on any atom is -0.389 e. The zero-order chi connectivity index (χ0) is 15.3. The molecular formula is C17H27NO3. The van der Waals surface area contributed by atoms with Crippen LogP contribution < -0.4 is 0 Å². The number of ether oxygens (including phenoxy) is 2. The van der Waals surface area contributed by atoms with Gasteiger partial charge in [-0.15, -0.1) is 6.58 Å². The van der Waals surface area contributed by atoms with E-state index in [4.69, 9.17) is 9.47 Å². The molecule has 4 nitrogen and oxygen atoms in total. The summed E-state index contributed by atoms with van der Waals surface area (Å²) in [6.07, 6.45) is 2.15. The summed E-state index contributed by atoms with van der Waals surface area (Å²) >= 11 is 0. The summed E-state index contributed by atoms with van der Waals surface area (Å²) in [6.45, 7) is 7.44. The van der Waals surface area contributed by atoms with Gasteiger partial charge in [0.25, 0.3) is 0 Å². The first-order chi connectivity index (χ1) is 10.3. The summed E-state index contributed by atoms with van der Waals surface area (Å²) in [6, 6.07) is 10.3. The number of methoxy groups -OCH3 is 1. The highest BCUT2D eigenvalue weighted by molar-refractivity contribution is 5.14. The van der Waals surface area contributed by atoms with Crippen molar-refractivity contribution in [3.8, 4) is 0 Å². The van der Waals surface area contributed by atoms with E-state index in [0.717, 1.165) is 26.1 Å². The molecule has 118 valence electrons. The lowest BCUT2D eigenvalue weighted by Crippen LogP contribution is -2.35. The second-order valence-corrected chi connectivity index (χ2v) is 5.05. The van der Waals surface area contributed by atoms with Crippen LogP contribution in [0.1, 0.15) is 12.0 Å². The Morgan fingerprint density at radius 3 is 2.76 bits per heavy atom. The van der Waals surface area contributed by atoms with Gasteiger partial charge in [0.1, 0.15) is 0 Å². The van der Waals surface area contributed by atoms with Crippen LogP contribution in [0.4, 0.5) is 0 Å². The molecule has 0 spiro atoms. The van der Waals surface area contributed by atoms with E-state index < -0.39 is 6.10 Å². The van der Waals surface area contributed by atoms with E-state index in [0.29, 0.717) is 19.8 Å². The van der Waals surface area contributed by atoms with Gasteiger partial charge < -0.3 is 14.6 Å². The average Bonchev–Trinajstić information content (AvgIpc) is 2.48. The quantitative estimate of drug-likeness (QED) is 0.473. The Labute approximate surface area is 128 Å². The lowest BCUT2D eigenvalue weighted by Gasteiger charge is -2.25. The van der Waals surface area contributed by atoms with Gasteiger partial charge in [-0.2, -0.15) is 0 Å². The number of hydrogen-bond acceptors (Lipinski definition) is 4. The molecule has 0 amide bonds. The van der Waals surface area contributed by atoms with Crippen LogP contribution in [0.25, 0.3) is 0 Å². The molecule has 0 aromatic heterocycles. The van der Waals surface area contributed by atoms with Gasteiger partial charge in [0, 0.05) is 33.4 Å². The Bertz CT molecular complexity index is 370. The molecule has 4 heteroatoms. The predicted molar refractivity (Wildman–Crippen MR) is 85.2 cm³/mol. The lowest BCUT2D eigenvalue weighted by atomic mass is 10.2.